The highest BCUT2D eigenvalue weighted by Crippen LogP contribution is 2.21. The van der Waals surface area contributed by atoms with E-state index >= 15 is 0 Å². The summed E-state index contributed by atoms with van der Waals surface area (Å²) < 4.78 is 10.3. The highest BCUT2D eigenvalue weighted by atomic mass is 16.6. The number of aliphatic hydroxyl groups excluding tert-OH is 1. The summed E-state index contributed by atoms with van der Waals surface area (Å²) in [6.45, 7) is 0.387. The van der Waals surface area contributed by atoms with Crippen LogP contribution in [-0.2, 0) is 20.7 Å². The van der Waals surface area contributed by atoms with Gasteiger partial charge >= 0.3 is 6.09 Å². The van der Waals surface area contributed by atoms with Crippen LogP contribution >= 0.6 is 0 Å². The number of amides is 2. The number of nitrogens with zero attached hydrogens (tertiary/aromatic N) is 1. The van der Waals surface area contributed by atoms with E-state index in [-0.39, 0.29) is 19.3 Å². The smallest absolute Gasteiger partial charge is 0.417 e. The number of carbonyl (C=O) groups excluding carboxylic acids is 2. The van der Waals surface area contributed by atoms with Crippen LogP contribution in [0.25, 0.3) is 0 Å². The van der Waals surface area contributed by atoms with E-state index in [1.807, 2.05) is 30.3 Å². The third kappa shape index (κ3) is 2.88. The minimum absolute atomic E-state index is 0.151. The Morgan fingerprint density at radius 2 is 2.09 bits per heavy atom. The number of rotatable bonds is 3. The Kier molecular flexibility index (Phi) is 4.22. The quantitative estimate of drug-likeness (QED) is 0.839. The molecule has 3 rings (SSSR count). The number of aliphatic hydroxyl groups is 1. The molecule has 1 fully saturated rings. The van der Waals surface area contributed by atoms with Crippen LogP contribution in [0.1, 0.15) is 5.56 Å². The molecule has 1 aromatic carbocycles. The van der Waals surface area contributed by atoms with Crippen LogP contribution in [0.2, 0.25) is 0 Å². The van der Waals surface area contributed by atoms with Gasteiger partial charge in [0.1, 0.15) is 12.7 Å². The molecule has 116 valence electrons. The first-order valence-corrected chi connectivity index (χ1v) is 7.17. The lowest BCUT2D eigenvalue weighted by atomic mass is 10.0. The van der Waals surface area contributed by atoms with Gasteiger partial charge in [0.25, 0.3) is 5.91 Å². The molecule has 2 aliphatic heterocycles. The molecular weight excluding hydrogens is 286 g/mol. The van der Waals surface area contributed by atoms with Crippen LogP contribution in [0.5, 0.6) is 0 Å². The molecule has 0 bridgehead atoms. The Balaban J connectivity index is 1.76. The van der Waals surface area contributed by atoms with E-state index in [1.165, 1.54) is 6.08 Å². The van der Waals surface area contributed by atoms with Gasteiger partial charge in [-0.3, -0.25) is 4.79 Å². The number of cyclic esters (lactones) is 1. The van der Waals surface area contributed by atoms with Gasteiger partial charge < -0.3 is 14.6 Å². The fraction of sp³-hybridized carbons (Fsp3) is 0.375. The monoisotopic (exact) mass is 303 g/mol. The molecule has 0 spiro atoms. The molecule has 0 aliphatic carbocycles. The van der Waals surface area contributed by atoms with Crippen molar-refractivity contribution in [3.05, 3.63) is 48.0 Å². The number of imide groups is 1. The SMILES string of the molecule is O=C1OC[C@H](Cc2ccccc2)N1C(=O)[C@H]1OCC=C[C@H]1O. The van der Waals surface area contributed by atoms with E-state index in [2.05, 4.69) is 0 Å². The minimum atomic E-state index is -1.06. The van der Waals surface area contributed by atoms with E-state index in [9.17, 15) is 14.7 Å². The molecule has 2 heterocycles. The average molecular weight is 303 g/mol. The average Bonchev–Trinajstić information content (AvgIpc) is 2.89. The molecule has 22 heavy (non-hydrogen) atoms. The second-order valence-corrected chi connectivity index (χ2v) is 5.30. The highest BCUT2D eigenvalue weighted by Gasteiger charge is 2.43. The third-order valence-electron chi connectivity index (χ3n) is 3.77. The summed E-state index contributed by atoms with van der Waals surface area (Å²) >= 11 is 0. The Bertz CT molecular complexity index is 585. The van der Waals surface area contributed by atoms with Crippen molar-refractivity contribution in [1.29, 1.82) is 0 Å². The number of hydrogen-bond donors (Lipinski definition) is 1. The van der Waals surface area contributed by atoms with Gasteiger partial charge in [0.05, 0.1) is 12.6 Å². The van der Waals surface area contributed by atoms with E-state index in [0.29, 0.717) is 6.42 Å². The zero-order valence-corrected chi connectivity index (χ0v) is 11.9. The van der Waals surface area contributed by atoms with Crippen LogP contribution in [-0.4, -0.2) is 53.5 Å². The van der Waals surface area contributed by atoms with Gasteiger partial charge in [-0.2, -0.15) is 0 Å². The molecule has 0 saturated carbocycles. The number of benzene rings is 1. The third-order valence-corrected chi connectivity index (χ3v) is 3.77. The summed E-state index contributed by atoms with van der Waals surface area (Å²) in [6.07, 6.45) is 0.853. The van der Waals surface area contributed by atoms with Crippen LogP contribution < -0.4 is 0 Å². The fourth-order valence-electron chi connectivity index (χ4n) is 2.68. The highest BCUT2D eigenvalue weighted by molar-refractivity contribution is 5.96. The second kappa shape index (κ2) is 6.29. The largest absolute Gasteiger partial charge is 0.447 e. The van der Waals surface area contributed by atoms with Crippen molar-refractivity contribution in [1.82, 2.24) is 4.90 Å². The van der Waals surface area contributed by atoms with Crippen molar-refractivity contribution < 1.29 is 24.2 Å². The minimum Gasteiger partial charge on any atom is -0.447 e. The topological polar surface area (TPSA) is 76.1 Å². The Labute approximate surface area is 127 Å². The van der Waals surface area contributed by atoms with E-state index in [0.717, 1.165) is 10.5 Å². The first-order chi connectivity index (χ1) is 10.7. The molecular formula is C16H17NO5. The molecule has 1 aromatic rings. The lowest BCUT2D eigenvalue weighted by Gasteiger charge is -2.28. The van der Waals surface area contributed by atoms with Gasteiger partial charge in [0, 0.05) is 0 Å². The summed E-state index contributed by atoms with van der Waals surface area (Å²) in [5.41, 5.74) is 1.01. The Hall–Kier alpha value is -2.18. The zero-order chi connectivity index (χ0) is 15.5. The van der Waals surface area contributed by atoms with Crippen molar-refractivity contribution in [3.63, 3.8) is 0 Å². The predicted molar refractivity (Wildman–Crippen MR) is 77.0 cm³/mol. The first kappa shape index (κ1) is 14.7. The summed E-state index contributed by atoms with van der Waals surface area (Å²) in [7, 11) is 0. The maximum atomic E-state index is 12.5. The van der Waals surface area contributed by atoms with E-state index in [1.54, 1.807) is 6.08 Å². The fourth-order valence-corrected chi connectivity index (χ4v) is 2.68. The molecule has 6 nitrogen and oxygen atoms in total. The second-order valence-electron chi connectivity index (χ2n) is 5.30. The number of carbonyl (C=O) groups is 2. The van der Waals surface area contributed by atoms with Crippen LogP contribution in [0.4, 0.5) is 4.79 Å². The molecule has 2 aliphatic rings. The summed E-state index contributed by atoms with van der Waals surface area (Å²) in [5.74, 6) is -0.555. The molecule has 1 saturated heterocycles. The summed E-state index contributed by atoms with van der Waals surface area (Å²) in [4.78, 5) is 25.5. The molecule has 0 radical (unpaired) electrons. The summed E-state index contributed by atoms with van der Waals surface area (Å²) in [6, 6.07) is 9.18. The predicted octanol–water partition coefficient (Wildman–Crippen LogP) is 0.892. The van der Waals surface area contributed by atoms with Crippen molar-refractivity contribution in [3.8, 4) is 0 Å². The number of ether oxygens (including phenoxy) is 2. The maximum Gasteiger partial charge on any atom is 0.417 e. The lowest BCUT2D eigenvalue weighted by molar-refractivity contribution is -0.147. The Morgan fingerprint density at radius 1 is 1.32 bits per heavy atom. The van der Waals surface area contributed by atoms with Crippen molar-refractivity contribution in [2.24, 2.45) is 0 Å². The molecule has 2 amide bonds. The first-order valence-electron chi connectivity index (χ1n) is 7.17. The normalized spacial score (nSPS) is 27.8. The maximum absolute atomic E-state index is 12.5. The summed E-state index contributed by atoms with van der Waals surface area (Å²) in [5, 5.41) is 9.85. The Morgan fingerprint density at radius 3 is 2.82 bits per heavy atom. The van der Waals surface area contributed by atoms with Crippen molar-refractivity contribution >= 4 is 12.0 Å². The van der Waals surface area contributed by atoms with E-state index < -0.39 is 24.2 Å². The van der Waals surface area contributed by atoms with Crippen LogP contribution in [0, 0.1) is 0 Å². The molecule has 0 unspecified atom stereocenters. The van der Waals surface area contributed by atoms with Crippen LogP contribution in [0.3, 0.4) is 0 Å². The molecule has 3 atom stereocenters. The molecule has 0 aromatic heterocycles. The molecule has 1 N–H and O–H groups in total. The van der Waals surface area contributed by atoms with Crippen LogP contribution in [0.15, 0.2) is 42.5 Å². The van der Waals surface area contributed by atoms with Crippen molar-refractivity contribution in [2.45, 2.75) is 24.7 Å². The van der Waals surface area contributed by atoms with Crippen molar-refractivity contribution in [2.75, 3.05) is 13.2 Å². The zero-order valence-electron chi connectivity index (χ0n) is 11.9. The number of hydrogen-bond acceptors (Lipinski definition) is 5. The van der Waals surface area contributed by atoms with E-state index in [4.69, 9.17) is 9.47 Å². The van der Waals surface area contributed by atoms with Gasteiger partial charge in [0.2, 0.25) is 0 Å². The van der Waals surface area contributed by atoms with Gasteiger partial charge in [-0.15, -0.1) is 0 Å². The van der Waals surface area contributed by atoms with Gasteiger partial charge in [-0.25, -0.2) is 9.69 Å². The molecule has 6 heteroatoms. The standard InChI is InChI=1S/C16H17NO5/c18-13-7-4-8-21-14(13)15(19)17-12(10-22-16(17)20)9-11-5-2-1-3-6-11/h1-7,12-14,18H,8-10H2/t12-,13+,14-/m0/s1. The van der Waals surface area contributed by atoms with Gasteiger partial charge in [-0.05, 0) is 12.0 Å². The lowest BCUT2D eigenvalue weighted by Crippen LogP contribution is -2.51. The van der Waals surface area contributed by atoms with Gasteiger partial charge in [-0.1, -0.05) is 42.5 Å². The van der Waals surface area contributed by atoms with Gasteiger partial charge in [0.15, 0.2) is 6.10 Å².